The topological polar surface area (TPSA) is 53.1 Å². The van der Waals surface area contributed by atoms with E-state index in [4.69, 9.17) is 22.1 Å². The Balaban J connectivity index is 2.10. The molecule has 1 heterocycles. The van der Waals surface area contributed by atoms with Crippen molar-refractivity contribution in [2.75, 3.05) is 18.9 Å². The van der Waals surface area contributed by atoms with Crippen molar-refractivity contribution in [3.8, 4) is 0 Å². The molecular formula is C11H12ClF2N3O. The second kappa shape index (κ2) is 5.49. The molecular weight excluding hydrogens is 264 g/mol. The van der Waals surface area contributed by atoms with E-state index in [1.807, 2.05) is 0 Å². The quantitative estimate of drug-likeness (QED) is 0.853. The molecule has 0 radical (unpaired) electrons. The average molecular weight is 276 g/mol. The number of nitrogens with zero attached hydrogens (tertiary/aromatic N) is 2. The number of imidazole rings is 1. The summed E-state index contributed by atoms with van der Waals surface area (Å²) in [6.07, 6.45) is -2.46. The predicted octanol–water partition coefficient (Wildman–Crippen LogP) is 2.55. The second-order valence-electron chi connectivity index (χ2n) is 3.72. The molecule has 0 aliphatic heterocycles. The van der Waals surface area contributed by atoms with Crippen LogP contribution in [0.3, 0.4) is 0 Å². The van der Waals surface area contributed by atoms with Crippen molar-refractivity contribution in [3.05, 3.63) is 23.2 Å². The van der Waals surface area contributed by atoms with E-state index in [1.54, 1.807) is 22.8 Å². The zero-order valence-electron chi connectivity index (χ0n) is 9.44. The fraction of sp³-hybridized carbons (Fsp3) is 0.364. The number of nitrogens with two attached hydrogens (primary N) is 1. The van der Waals surface area contributed by atoms with Crippen LogP contribution in [0.25, 0.3) is 11.0 Å². The normalized spacial score (nSPS) is 11.6. The van der Waals surface area contributed by atoms with Gasteiger partial charge in [-0.15, -0.1) is 0 Å². The predicted molar refractivity (Wildman–Crippen MR) is 66.0 cm³/mol. The van der Waals surface area contributed by atoms with Crippen LogP contribution in [0.2, 0.25) is 5.02 Å². The molecule has 1 aromatic carbocycles. The highest BCUT2D eigenvalue weighted by atomic mass is 35.5. The molecule has 0 amide bonds. The van der Waals surface area contributed by atoms with Crippen LogP contribution >= 0.6 is 11.6 Å². The highest BCUT2D eigenvalue weighted by Gasteiger charge is 2.09. The standard InChI is InChI=1S/C11H12ClF2N3O/c12-7-1-2-9-8(5-7)16-11(15)17(9)3-4-18-6-10(13)14/h1-2,5,10H,3-4,6H2,(H2,15,16). The Morgan fingerprint density at radius 1 is 1.44 bits per heavy atom. The van der Waals surface area contributed by atoms with Gasteiger partial charge in [0.05, 0.1) is 17.6 Å². The number of aromatic nitrogens is 2. The lowest BCUT2D eigenvalue weighted by molar-refractivity contribution is 0.0151. The van der Waals surface area contributed by atoms with Crippen LogP contribution in [0, 0.1) is 0 Å². The molecule has 0 fully saturated rings. The van der Waals surface area contributed by atoms with E-state index in [-0.39, 0.29) is 6.61 Å². The van der Waals surface area contributed by atoms with Crippen LogP contribution < -0.4 is 5.73 Å². The number of alkyl halides is 2. The Morgan fingerprint density at radius 3 is 2.94 bits per heavy atom. The van der Waals surface area contributed by atoms with Crippen molar-refractivity contribution in [2.45, 2.75) is 13.0 Å². The third kappa shape index (κ3) is 2.88. The molecule has 0 aliphatic carbocycles. The van der Waals surface area contributed by atoms with E-state index in [0.29, 0.717) is 23.0 Å². The number of rotatable bonds is 5. The SMILES string of the molecule is Nc1nc2cc(Cl)ccc2n1CCOCC(F)F. The minimum absolute atomic E-state index is 0.155. The van der Waals surface area contributed by atoms with Crippen molar-refractivity contribution >= 4 is 28.6 Å². The summed E-state index contributed by atoms with van der Waals surface area (Å²) in [5, 5.41) is 0.570. The first kappa shape index (κ1) is 13.0. The maximum absolute atomic E-state index is 11.9. The summed E-state index contributed by atoms with van der Waals surface area (Å²) >= 11 is 5.84. The molecule has 0 atom stereocenters. The summed E-state index contributed by atoms with van der Waals surface area (Å²) < 4.78 is 30.3. The number of benzene rings is 1. The highest BCUT2D eigenvalue weighted by Crippen LogP contribution is 2.21. The van der Waals surface area contributed by atoms with Crippen LogP contribution in [-0.2, 0) is 11.3 Å². The van der Waals surface area contributed by atoms with E-state index < -0.39 is 13.0 Å². The number of hydrogen-bond acceptors (Lipinski definition) is 3. The lowest BCUT2D eigenvalue weighted by Crippen LogP contribution is -2.12. The molecule has 98 valence electrons. The number of fused-ring (bicyclic) bond motifs is 1. The summed E-state index contributed by atoms with van der Waals surface area (Å²) in [7, 11) is 0. The van der Waals surface area contributed by atoms with Gasteiger partial charge >= 0.3 is 0 Å². The number of anilines is 1. The van der Waals surface area contributed by atoms with E-state index >= 15 is 0 Å². The monoisotopic (exact) mass is 275 g/mol. The van der Waals surface area contributed by atoms with Gasteiger partial charge in [0, 0.05) is 11.6 Å². The molecule has 4 nitrogen and oxygen atoms in total. The molecule has 2 aromatic rings. The fourth-order valence-corrected chi connectivity index (χ4v) is 1.85. The molecule has 7 heteroatoms. The number of nitrogen functional groups attached to an aromatic ring is 1. The van der Waals surface area contributed by atoms with Gasteiger partial charge in [-0.3, -0.25) is 0 Å². The molecule has 2 N–H and O–H groups in total. The first-order chi connectivity index (χ1) is 8.58. The van der Waals surface area contributed by atoms with E-state index in [0.717, 1.165) is 5.52 Å². The van der Waals surface area contributed by atoms with Crippen molar-refractivity contribution in [2.24, 2.45) is 0 Å². The zero-order valence-corrected chi connectivity index (χ0v) is 10.2. The molecule has 0 aliphatic rings. The minimum atomic E-state index is -2.46. The smallest absolute Gasteiger partial charge is 0.261 e. The third-order valence-electron chi connectivity index (χ3n) is 2.44. The first-order valence-corrected chi connectivity index (χ1v) is 5.73. The van der Waals surface area contributed by atoms with Gasteiger partial charge in [-0.1, -0.05) is 11.6 Å². The highest BCUT2D eigenvalue weighted by molar-refractivity contribution is 6.31. The largest absolute Gasteiger partial charge is 0.374 e. The minimum Gasteiger partial charge on any atom is -0.374 e. The Morgan fingerprint density at radius 2 is 2.22 bits per heavy atom. The number of hydrogen-bond donors (Lipinski definition) is 1. The average Bonchev–Trinajstić information content (AvgIpc) is 2.59. The maximum atomic E-state index is 11.9. The molecule has 2 rings (SSSR count). The van der Waals surface area contributed by atoms with Crippen LogP contribution in [0.15, 0.2) is 18.2 Å². The van der Waals surface area contributed by atoms with Crippen LogP contribution in [0.4, 0.5) is 14.7 Å². The van der Waals surface area contributed by atoms with Crippen molar-refractivity contribution in [3.63, 3.8) is 0 Å². The second-order valence-corrected chi connectivity index (χ2v) is 4.16. The van der Waals surface area contributed by atoms with Crippen molar-refractivity contribution < 1.29 is 13.5 Å². The molecule has 18 heavy (non-hydrogen) atoms. The number of halogens is 3. The summed E-state index contributed by atoms with van der Waals surface area (Å²) in [6.45, 7) is -0.0440. The van der Waals surface area contributed by atoms with E-state index in [9.17, 15) is 8.78 Å². The third-order valence-corrected chi connectivity index (χ3v) is 2.68. The molecule has 0 unspecified atom stereocenters. The summed E-state index contributed by atoms with van der Waals surface area (Å²) in [5.41, 5.74) is 7.23. The van der Waals surface area contributed by atoms with Crippen molar-refractivity contribution in [1.82, 2.24) is 9.55 Å². The summed E-state index contributed by atoms with van der Waals surface area (Å²) in [5.74, 6) is 0.313. The summed E-state index contributed by atoms with van der Waals surface area (Å²) in [6, 6.07) is 5.21. The van der Waals surface area contributed by atoms with Gasteiger partial charge in [-0.2, -0.15) is 0 Å². The van der Waals surface area contributed by atoms with Gasteiger partial charge in [-0.05, 0) is 18.2 Å². The van der Waals surface area contributed by atoms with E-state index in [2.05, 4.69) is 4.98 Å². The van der Waals surface area contributed by atoms with E-state index in [1.165, 1.54) is 0 Å². The van der Waals surface area contributed by atoms with Crippen LogP contribution in [-0.4, -0.2) is 29.2 Å². The summed E-state index contributed by atoms with van der Waals surface area (Å²) in [4.78, 5) is 4.14. The maximum Gasteiger partial charge on any atom is 0.261 e. The van der Waals surface area contributed by atoms with Crippen LogP contribution in [0.5, 0.6) is 0 Å². The number of ether oxygens (including phenoxy) is 1. The molecule has 0 bridgehead atoms. The van der Waals surface area contributed by atoms with Gasteiger partial charge in [0.15, 0.2) is 0 Å². The molecule has 1 aromatic heterocycles. The molecule has 0 saturated heterocycles. The Bertz CT molecular complexity index is 544. The van der Waals surface area contributed by atoms with Crippen LogP contribution in [0.1, 0.15) is 0 Å². The molecule has 0 saturated carbocycles. The van der Waals surface area contributed by atoms with Gasteiger partial charge in [0.1, 0.15) is 6.61 Å². The van der Waals surface area contributed by atoms with Crippen molar-refractivity contribution in [1.29, 1.82) is 0 Å². The lowest BCUT2D eigenvalue weighted by atomic mass is 10.3. The first-order valence-electron chi connectivity index (χ1n) is 5.35. The Kier molecular flexibility index (Phi) is 3.98. The van der Waals surface area contributed by atoms with Gasteiger partial charge in [0.25, 0.3) is 6.43 Å². The fourth-order valence-electron chi connectivity index (χ4n) is 1.68. The zero-order chi connectivity index (χ0) is 13.1. The van der Waals surface area contributed by atoms with Gasteiger partial charge < -0.3 is 15.0 Å². The lowest BCUT2D eigenvalue weighted by Gasteiger charge is -2.07. The van der Waals surface area contributed by atoms with Gasteiger partial charge in [-0.25, -0.2) is 13.8 Å². The Hall–Kier alpha value is -1.40. The van der Waals surface area contributed by atoms with Gasteiger partial charge in [0.2, 0.25) is 5.95 Å². The Labute approximate surface area is 107 Å². The molecule has 0 spiro atoms.